The van der Waals surface area contributed by atoms with Gasteiger partial charge in [0.2, 0.25) is 0 Å². The number of fused-ring (bicyclic) bond motifs is 1. The summed E-state index contributed by atoms with van der Waals surface area (Å²) in [5.41, 5.74) is 3.09. The second-order valence-corrected chi connectivity index (χ2v) is 4.54. The van der Waals surface area contributed by atoms with Crippen molar-refractivity contribution in [3.05, 3.63) is 41.7 Å². The number of nitrogens with zero attached hydrogens (tertiary/aromatic N) is 3. The molecule has 0 saturated carbocycles. The molecule has 0 aliphatic carbocycles. The first-order valence-corrected chi connectivity index (χ1v) is 6.49. The van der Waals surface area contributed by atoms with Crippen LogP contribution in [0.3, 0.4) is 0 Å². The van der Waals surface area contributed by atoms with Gasteiger partial charge in [0.1, 0.15) is 6.73 Å². The Morgan fingerprint density at radius 3 is 3.05 bits per heavy atom. The number of aromatic nitrogens is 4. The number of hydrogen-bond donors (Lipinski definition) is 1. The van der Waals surface area contributed by atoms with E-state index in [2.05, 4.69) is 16.0 Å². The molecule has 1 aromatic carbocycles. The third kappa shape index (κ3) is 2.20. The molecular weight excluding hydrogens is 260 g/mol. The zero-order chi connectivity index (χ0) is 13.2. The van der Waals surface area contributed by atoms with Crippen LogP contribution in [-0.2, 0) is 11.5 Å². The van der Waals surface area contributed by atoms with Crippen LogP contribution < -0.4 is 0 Å². The van der Waals surface area contributed by atoms with Crippen molar-refractivity contribution in [3.63, 3.8) is 0 Å². The Hall–Kier alpha value is -1.92. The summed E-state index contributed by atoms with van der Waals surface area (Å²) >= 11 is 5.32. The molecule has 6 heteroatoms. The van der Waals surface area contributed by atoms with Gasteiger partial charge >= 0.3 is 0 Å². The minimum Gasteiger partial charge on any atom is -0.361 e. The highest BCUT2D eigenvalue weighted by atomic mass is 32.1. The van der Waals surface area contributed by atoms with Gasteiger partial charge in [-0.2, -0.15) is 0 Å². The van der Waals surface area contributed by atoms with Crippen LogP contribution in [0.4, 0.5) is 0 Å². The third-order valence-electron chi connectivity index (χ3n) is 2.99. The molecule has 0 amide bonds. The average molecular weight is 274 g/mol. The normalized spacial score (nSPS) is 11.2. The van der Waals surface area contributed by atoms with E-state index in [-0.39, 0.29) is 0 Å². The van der Waals surface area contributed by atoms with Crippen LogP contribution in [0.15, 0.2) is 36.9 Å². The SMILES string of the molecule is CCOCn1c(=S)[nH]c2ccc(-n3ccnc3)cc21. The van der Waals surface area contributed by atoms with Gasteiger partial charge in [0, 0.05) is 24.7 Å². The highest BCUT2D eigenvalue weighted by molar-refractivity contribution is 7.71. The van der Waals surface area contributed by atoms with Crippen molar-refractivity contribution in [1.29, 1.82) is 0 Å². The summed E-state index contributed by atoms with van der Waals surface area (Å²) in [6, 6.07) is 6.12. The number of hydrogen-bond acceptors (Lipinski definition) is 3. The van der Waals surface area contributed by atoms with Crippen LogP contribution >= 0.6 is 12.2 Å². The maximum absolute atomic E-state index is 5.45. The van der Waals surface area contributed by atoms with E-state index in [1.54, 1.807) is 12.5 Å². The number of ether oxygens (including phenoxy) is 1. The highest BCUT2D eigenvalue weighted by Gasteiger charge is 2.06. The summed E-state index contributed by atoms with van der Waals surface area (Å²) in [7, 11) is 0. The van der Waals surface area contributed by atoms with E-state index < -0.39 is 0 Å². The van der Waals surface area contributed by atoms with Crippen molar-refractivity contribution < 1.29 is 4.74 Å². The van der Waals surface area contributed by atoms with Gasteiger partial charge in [0.15, 0.2) is 4.77 Å². The predicted molar refractivity (Wildman–Crippen MR) is 75.9 cm³/mol. The van der Waals surface area contributed by atoms with Crippen molar-refractivity contribution >= 4 is 23.3 Å². The van der Waals surface area contributed by atoms with E-state index in [1.165, 1.54) is 0 Å². The first-order chi connectivity index (χ1) is 9.29. The lowest BCUT2D eigenvalue weighted by Crippen LogP contribution is -2.02. The highest BCUT2D eigenvalue weighted by Crippen LogP contribution is 2.18. The summed E-state index contributed by atoms with van der Waals surface area (Å²) in [6.45, 7) is 3.09. The predicted octanol–water partition coefficient (Wildman–Crippen LogP) is 2.88. The molecule has 0 aliphatic rings. The number of nitrogens with one attached hydrogen (secondary N) is 1. The van der Waals surface area contributed by atoms with E-state index in [9.17, 15) is 0 Å². The van der Waals surface area contributed by atoms with Gasteiger partial charge in [0.05, 0.1) is 17.4 Å². The maximum Gasteiger partial charge on any atom is 0.180 e. The molecule has 98 valence electrons. The molecule has 0 bridgehead atoms. The molecule has 5 nitrogen and oxygen atoms in total. The van der Waals surface area contributed by atoms with Gasteiger partial charge in [-0.1, -0.05) is 0 Å². The maximum atomic E-state index is 5.45. The van der Waals surface area contributed by atoms with Gasteiger partial charge in [0.25, 0.3) is 0 Å². The van der Waals surface area contributed by atoms with Crippen LogP contribution in [-0.4, -0.2) is 25.7 Å². The molecule has 2 heterocycles. The summed E-state index contributed by atoms with van der Waals surface area (Å²) in [5.74, 6) is 0. The van der Waals surface area contributed by atoms with Crippen LogP contribution in [0, 0.1) is 4.77 Å². The number of aromatic amines is 1. The molecule has 0 fully saturated rings. The van der Waals surface area contributed by atoms with E-state index in [4.69, 9.17) is 17.0 Å². The van der Waals surface area contributed by atoms with Crippen LogP contribution in [0.5, 0.6) is 0 Å². The number of rotatable bonds is 4. The zero-order valence-corrected chi connectivity index (χ0v) is 11.4. The quantitative estimate of drug-likeness (QED) is 0.744. The van der Waals surface area contributed by atoms with Crippen LogP contribution in [0.2, 0.25) is 0 Å². The fraction of sp³-hybridized carbons (Fsp3) is 0.231. The molecule has 0 saturated heterocycles. The number of benzene rings is 1. The zero-order valence-electron chi connectivity index (χ0n) is 10.5. The van der Waals surface area contributed by atoms with Crippen molar-refractivity contribution in [2.24, 2.45) is 0 Å². The van der Waals surface area contributed by atoms with E-state index >= 15 is 0 Å². The summed E-state index contributed by atoms with van der Waals surface area (Å²) < 4.78 is 10.0. The van der Waals surface area contributed by atoms with E-state index in [0.717, 1.165) is 16.7 Å². The Labute approximate surface area is 115 Å². The second kappa shape index (κ2) is 4.99. The smallest absolute Gasteiger partial charge is 0.180 e. The molecule has 0 unspecified atom stereocenters. The molecular formula is C13H14N4OS. The molecule has 3 rings (SSSR count). The molecule has 0 spiro atoms. The Balaban J connectivity index is 2.13. The van der Waals surface area contributed by atoms with Crippen LogP contribution in [0.25, 0.3) is 16.7 Å². The Kier molecular flexibility index (Phi) is 3.18. The van der Waals surface area contributed by atoms with E-state index in [0.29, 0.717) is 18.1 Å². The summed E-state index contributed by atoms with van der Waals surface area (Å²) in [4.78, 5) is 7.24. The lowest BCUT2D eigenvalue weighted by Gasteiger charge is -2.06. The second-order valence-electron chi connectivity index (χ2n) is 4.15. The topological polar surface area (TPSA) is 47.8 Å². The van der Waals surface area contributed by atoms with E-state index in [1.807, 2.05) is 34.4 Å². The molecule has 0 radical (unpaired) electrons. The van der Waals surface area contributed by atoms with Gasteiger partial charge in [-0.05, 0) is 37.3 Å². The Morgan fingerprint density at radius 2 is 2.32 bits per heavy atom. The molecule has 1 N–H and O–H groups in total. The standard InChI is InChI=1S/C13H14N4OS/c1-2-18-9-17-12-7-10(16-6-5-14-8-16)3-4-11(12)15-13(17)19/h3-8H,2,9H2,1H3,(H,15,19). The fourth-order valence-corrected chi connectivity index (χ4v) is 2.29. The number of imidazole rings is 2. The fourth-order valence-electron chi connectivity index (χ4n) is 2.02. The molecule has 2 aromatic heterocycles. The first-order valence-electron chi connectivity index (χ1n) is 6.08. The minimum absolute atomic E-state index is 0.461. The Morgan fingerprint density at radius 1 is 1.42 bits per heavy atom. The number of H-pyrrole nitrogens is 1. The average Bonchev–Trinajstić information content (AvgIpc) is 3.03. The molecule has 0 aliphatic heterocycles. The Bertz CT molecular complexity index is 742. The summed E-state index contributed by atoms with van der Waals surface area (Å²) in [5, 5.41) is 0. The summed E-state index contributed by atoms with van der Waals surface area (Å²) in [6.07, 6.45) is 5.44. The van der Waals surface area contributed by atoms with Gasteiger partial charge in [-0.3, -0.25) is 4.57 Å². The largest absolute Gasteiger partial charge is 0.361 e. The minimum atomic E-state index is 0.461. The lowest BCUT2D eigenvalue weighted by molar-refractivity contribution is 0.0896. The van der Waals surface area contributed by atoms with Crippen molar-refractivity contribution in [3.8, 4) is 5.69 Å². The van der Waals surface area contributed by atoms with Crippen LogP contribution in [0.1, 0.15) is 6.92 Å². The van der Waals surface area contributed by atoms with Gasteiger partial charge in [-0.25, -0.2) is 4.98 Å². The van der Waals surface area contributed by atoms with Crippen molar-refractivity contribution in [1.82, 2.24) is 19.1 Å². The monoisotopic (exact) mass is 274 g/mol. The molecule has 3 aromatic rings. The van der Waals surface area contributed by atoms with Crippen molar-refractivity contribution in [2.45, 2.75) is 13.7 Å². The lowest BCUT2D eigenvalue weighted by atomic mass is 10.2. The first kappa shape index (κ1) is 12.1. The van der Waals surface area contributed by atoms with Gasteiger partial charge in [-0.15, -0.1) is 0 Å². The van der Waals surface area contributed by atoms with Crippen molar-refractivity contribution in [2.75, 3.05) is 6.61 Å². The third-order valence-corrected chi connectivity index (χ3v) is 3.31. The molecule has 19 heavy (non-hydrogen) atoms. The van der Waals surface area contributed by atoms with Gasteiger partial charge < -0.3 is 14.3 Å². The molecule has 0 atom stereocenters.